The molecular formula is C10H7ClO. The van der Waals surface area contributed by atoms with Crippen LogP contribution in [-0.4, -0.2) is 5.78 Å². The summed E-state index contributed by atoms with van der Waals surface area (Å²) in [5.41, 5.74) is 1.90. The van der Waals surface area contributed by atoms with Crippen molar-refractivity contribution >= 4 is 17.4 Å². The summed E-state index contributed by atoms with van der Waals surface area (Å²) in [5.74, 6) is 0.0258. The first-order chi connectivity index (χ1) is 5.79. The van der Waals surface area contributed by atoms with E-state index in [0.29, 0.717) is 11.5 Å². The van der Waals surface area contributed by atoms with Crippen molar-refractivity contribution < 1.29 is 4.79 Å². The fraction of sp³-hybridized carbons (Fsp3) is 0.100. The number of Topliss-reactive ketones (excluding diaryl/α,β-unsaturated/α-hetero) is 1. The van der Waals surface area contributed by atoms with E-state index < -0.39 is 0 Å². The molecule has 0 saturated carbocycles. The van der Waals surface area contributed by atoms with Gasteiger partial charge in [0.15, 0.2) is 5.78 Å². The van der Waals surface area contributed by atoms with E-state index in [9.17, 15) is 4.79 Å². The number of rotatable bonds is 0. The van der Waals surface area contributed by atoms with Crippen LogP contribution >= 0.6 is 11.6 Å². The lowest BCUT2D eigenvalue weighted by Gasteiger charge is -1.93. The monoisotopic (exact) mass is 178 g/mol. The number of hydrogen-bond acceptors (Lipinski definition) is 1. The summed E-state index contributed by atoms with van der Waals surface area (Å²) in [7, 11) is 0. The predicted octanol–water partition coefficient (Wildman–Crippen LogP) is 2.50. The molecule has 12 heavy (non-hydrogen) atoms. The first kappa shape index (κ1) is 7.56. The summed E-state index contributed by atoms with van der Waals surface area (Å²) in [6.45, 7) is 0. The van der Waals surface area contributed by atoms with Gasteiger partial charge >= 0.3 is 0 Å². The molecule has 0 spiro atoms. The molecule has 0 saturated heterocycles. The lowest BCUT2D eigenvalue weighted by Crippen LogP contribution is -1.88. The third-order valence-corrected chi connectivity index (χ3v) is 2.38. The molecule has 0 aromatic rings. The number of hydrogen-bond donors (Lipinski definition) is 0. The molecule has 0 amide bonds. The highest BCUT2D eigenvalue weighted by molar-refractivity contribution is 6.44. The molecule has 0 aliphatic heterocycles. The van der Waals surface area contributed by atoms with Crippen molar-refractivity contribution in [2.75, 3.05) is 0 Å². The fourth-order valence-corrected chi connectivity index (χ4v) is 1.60. The van der Waals surface area contributed by atoms with Gasteiger partial charge in [-0.1, -0.05) is 42.0 Å². The van der Waals surface area contributed by atoms with Gasteiger partial charge in [0.1, 0.15) is 0 Å². The Morgan fingerprint density at radius 1 is 1.25 bits per heavy atom. The van der Waals surface area contributed by atoms with E-state index in [1.807, 2.05) is 30.4 Å². The predicted molar refractivity (Wildman–Crippen MR) is 48.9 cm³/mol. The number of carbonyl (C=O) groups is 1. The molecule has 1 nitrogen and oxygen atoms in total. The molecule has 2 aliphatic rings. The zero-order valence-corrected chi connectivity index (χ0v) is 7.14. The van der Waals surface area contributed by atoms with Crippen LogP contribution in [0.5, 0.6) is 0 Å². The molecule has 2 rings (SSSR count). The summed E-state index contributed by atoms with van der Waals surface area (Å²) in [6.07, 6.45) is 9.99. The molecule has 0 radical (unpaired) electrons. The Balaban J connectivity index is 2.55. The number of carbonyl (C=O) groups excluding carboxylic acids is 1. The lowest BCUT2D eigenvalue weighted by atomic mass is 10.1. The van der Waals surface area contributed by atoms with Gasteiger partial charge in [0.2, 0.25) is 0 Å². The third-order valence-electron chi connectivity index (χ3n) is 1.96. The standard InChI is InChI=1S/C10H7ClO/c11-10-8-5-3-1-2-4-7(8)6-9(10)12/h1-5H,6H2. The molecule has 0 fully saturated rings. The molecule has 0 aromatic heterocycles. The van der Waals surface area contributed by atoms with Crippen molar-refractivity contribution in [3.05, 3.63) is 46.6 Å². The van der Waals surface area contributed by atoms with Crippen LogP contribution in [0.15, 0.2) is 46.6 Å². The Kier molecular flexibility index (Phi) is 1.74. The van der Waals surface area contributed by atoms with Crippen molar-refractivity contribution in [3.8, 4) is 0 Å². The maximum absolute atomic E-state index is 11.2. The Bertz CT molecular complexity index is 356. The Morgan fingerprint density at radius 3 is 2.92 bits per heavy atom. The molecule has 0 N–H and O–H groups in total. The average Bonchev–Trinajstić information content (AvgIpc) is 2.30. The zero-order chi connectivity index (χ0) is 8.55. The molecule has 2 aliphatic carbocycles. The maximum atomic E-state index is 11.2. The quantitative estimate of drug-likeness (QED) is 0.557. The van der Waals surface area contributed by atoms with Crippen molar-refractivity contribution in [2.24, 2.45) is 0 Å². The SMILES string of the molecule is O=C1CC2=CC=CC=CC2=C1Cl. The molecular weight excluding hydrogens is 172 g/mol. The van der Waals surface area contributed by atoms with E-state index in [1.54, 1.807) is 0 Å². The lowest BCUT2D eigenvalue weighted by molar-refractivity contribution is -0.113. The second-order valence-corrected chi connectivity index (χ2v) is 3.14. The number of fused-ring (bicyclic) bond motifs is 1. The van der Waals surface area contributed by atoms with Crippen LogP contribution in [0.25, 0.3) is 0 Å². The van der Waals surface area contributed by atoms with E-state index >= 15 is 0 Å². The van der Waals surface area contributed by atoms with Gasteiger partial charge in [0.25, 0.3) is 0 Å². The number of allylic oxidation sites excluding steroid dienone is 8. The second-order valence-electron chi connectivity index (χ2n) is 2.76. The van der Waals surface area contributed by atoms with E-state index in [1.165, 1.54) is 0 Å². The highest BCUT2D eigenvalue weighted by atomic mass is 35.5. The minimum atomic E-state index is 0.0258. The molecule has 60 valence electrons. The van der Waals surface area contributed by atoms with Gasteiger partial charge in [-0.2, -0.15) is 0 Å². The highest BCUT2D eigenvalue weighted by Crippen LogP contribution is 2.32. The minimum Gasteiger partial charge on any atom is -0.293 e. The Labute approximate surface area is 75.7 Å². The van der Waals surface area contributed by atoms with Crippen LogP contribution in [0.4, 0.5) is 0 Å². The topological polar surface area (TPSA) is 17.1 Å². The summed E-state index contributed by atoms with van der Waals surface area (Å²) < 4.78 is 0. The van der Waals surface area contributed by atoms with Crippen LogP contribution in [0.3, 0.4) is 0 Å². The molecule has 2 heteroatoms. The average molecular weight is 179 g/mol. The second kappa shape index (κ2) is 2.76. The van der Waals surface area contributed by atoms with Gasteiger partial charge in [0, 0.05) is 12.0 Å². The highest BCUT2D eigenvalue weighted by Gasteiger charge is 2.23. The van der Waals surface area contributed by atoms with E-state index in [-0.39, 0.29) is 5.78 Å². The van der Waals surface area contributed by atoms with Gasteiger partial charge in [-0.25, -0.2) is 0 Å². The smallest absolute Gasteiger partial charge is 0.179 e. The van der Waals surface area contributed by atoms with Gasteiger partial charge in [0.05, 0.1) is 5.03 Å². The molecule has 0 aromatic carbocycles. The van der Waals surface area contributed by atoms with Gasteiger partial charge in [-0.15, -0.1) is 0 Å². The summed E-state index contributed by atoms with van der Waals surface area (Å²) in [4.78, 5) is 11.2. The van der Waals surface area contributed by atoms with Gasteiger partial charge in [-0.05, 0) is 5.57 Å². The van der Waals surface area contributed by atoms with Crippen molar-refractivity contribution in [1.82, 2.24) is 0 Å². The van der Waals surface area contributed by atoms with Crippen LogP contribution in [-0.2, 0) is 4.79 Å². The van der Waals surface area contributed by atoms with E-state index in [2.05, 4.69) is 0 Å². The van der Waals surface area contributed by atoms with Crippen LogP contribution in [0, 0.1) is 0 Å². The summed E-state index contributed by atoms with van der Waals surface area (Å²) in [5, 5.41) is 0.376. The maximum Gasteiger partial charge on any atom is 0.179 e. The molecule has 0 heterocycles. The summed E-state index contributed by atoms with van der Waals surface area (Å²) in [6, 6.07) is 0. The van der Waals surface area contributed by atoms with Crippen molar-refractivity contribution in [3.63, 3.8) is 0 Å². The normalized spacial score (nSPS) is 21.1. The molecule has 0 atom stereocenters. The zero-order valence-electron chi connectivity index (χ0n) is 6.38. The Hall–Kier alpha value is -1.08. The summed E-state index contributed by atoms with van der Waals surface area (Å²) >= 11 is 5.82. The fourth-order valence-electron chi connectivity index (χ4n) is 1.35. The first-order valence-electron chi connectivity index (χ1n) is 3.76. The van der Waals surface area contributed by atoms with Crippen LogP contribution < -0.4 is 0 Å². The molecule has 0 unspecified atom stereocenters. The van der Waals surface area contributed by atoms with Crippen LogP contribution in [0.2, 0.25) is 0 Å². The number of ketones is 1. The third kappa shape index (κ3) is 1.07. The van der Waals surface area contributed by atoms with Gasteiger partial charge in [-0.3, -0.25) is 4.79 Å². The first-order valence-corrected chi connectivity index (χ1v) is 4.14. The van der Waals surface area contributed by atoms with E-state index in [0.717, 1.165) is 11.1 Å². The minimum absolute atomic E-state index is 0.0258. The van der Waals surface area contributed by atoms with Crippen molar-refractivity contribution in [1.29, 1.82) is 0 Å². The largest absolute Gasteiger partial charge is 0.293 e. The molecule has 0 bridgehead atoms. The van der Waals surface area contributed by atoms with Gasteiger partial charge < -0.3 is 0 Å². The Morgan fingerprint density at radius 2 is 2.08 bits per heavy atom. The van der Waals surface area contributed by atoms with E-state index in [4.69, 9.17) is 11.6 Å². The number of halogens is 1. The van der Waals surface area contributed by atoms with Crippen LogP contribution in [0.1, 0.15) is 6.42 Å². The van der Waals surface area contributed by atoms with Crippen molar-refractivity contribution in [2.45, 2.75) is 6.42 Å².